The van der Waals surface area contributed by atoms with Gasteiger partial charge in [-0.3, -0.25) is 0 Å². The van der Waals surface area contributed by atoms with Gasteiger partial charge in [0.15, 0.2) is 0 Å². The summed E-state index contributed by atoms with van der Waals surface area (Å²) in [4.78, 5) is 31.2. The number of unbranched alkanes of at least 4 members (excludes halogenated alkanes) is 14. The molecule has 0 amide bonds. The molecule has 0 radical (unpaired) electrons. The molecule has 274 valence electrons. The van der Waals surface area contributed by atoms with Crippen LogP contribution in [0.1, 0.15) is 148 Å². The van der Waals surface area contributed by atoms with E-state index in [0.717, 1.165) is 67.9 Å². The molecule has 0 aliphatic heterocycles. The first-order valence-electron chi connectivity index (χ1n) is 18.7. The molecule has 0 aromatic heterocycles. The Kier molecular flexibility index (Phi) is 20.6. The van der Waals surface area contributed by atoms with Crippen LogP contribution in [-0.2, 0) is 0 Å². The lowest BCUT2D eigenvalue weighted by Crippen LogP contribution is -2.14. The Morgan fingerprint density at radius 2 is 0.760 bits per heavy atom. The van der Waals surface area contributed by atoms with Crippen molar-refractivity contribution in [3.05, 3.63) is 70.8 Å². The van der Waals surface area contributed by atoms with Gasteiger partial charge in [0.05, 0.1) is 11.1 Å². The Bertz CT molecular complexity index is 1340. The van der Waals surface area contributed by atoms with Crippen LogP contribution in [0.2, 0.25) is 0 Å². The molecule has 0 heterocycles. The van der Waals surface area contributed by atoms with E-state index in [1.165, 1.54) is 101 Å². The summed E-state index contributed by atoms with van der Waals surface area (Å²) >= 11 is 6.16. The van der Waals surface area contributed by atoms with Gasteiger partial charge in [-0.25, -0.2) is 9.59 Å². The third kappa shape index (κ3) is 14.6. The van der Waals surface area contributed by atoms with Crippen molar-refractivity contribution >= 4 is 59.0 Å². The monoisotopic (exact) mass is 754 g/mol. The minimum atomic E-state index is -1.17. The number of thioether (sulfide) groups is 2. The number of benzene rings is 3. The average molecular weight is 755 g/mol. The molecule has 0 aliphatic rings. The van der Waals surface area contributed by atoms with Gasteiger partial charge in [-0.15, -0.1) is 23.5 Å². The molecule has 3 rings (SSSR count). The van der Waals surface area contributed by atoms with Crippen molar-refractivity contribution in [2.24, 2.45) is 0 Å². The van der Waals surface area contributed by atoms with E-state index >= 15 is 0 Å². The Hall–Kier alpha value is -2.00. The normalized spacial score (nSPS) is 11.3. The van der Waals surface area contributed by atoms with Gasteiger partial charge in [-0.2, -0.15) is 0 Å². The molecular formula is C42H58O4S4. The number of aromatic carboxylic acids is 2. The van der Waals surface area contributed by atoms with Crippen molar-refractivity contribution in [3.63, 3.8) is 0 Å². The minimum absolute atomic E-state index is 0.0663. The van der Waals surface area contributed by atoms with Gasteiger partial charge < -0.3 is 10.2 Å². The molecule has 50 heavy (non-hydrogen) atoms. The van der Waals surface area contributed by atoms with Crippen molar-refractivity contribution in [3.8, 4) is 0 Å². The molecule has 0 spiro atoms. The van der Waals surface area contributed by atoms with Crippen LogP contribution in [0.25, 0.3) is 0 Å². The van der Waals surface area contributed by atoms with Crippen LogP contribution in [0.4, 0.5) is 0 Å². The highest BCUT2D eigenvalue weighted by molar-refractivity contribution is 8.05. The quantitative estimate of drug-likeness (QED) is 0.0620. The minimum Gasteiger partial charge on any atom is -0.478 e. The van der Waals surface area contributed by atoms with Gasteiger partial charge in [0.2, 0.25) is 0 Å². The maximum absolute atomic E-state index is 13.1. The summed E-state index contributed by atoms with van der Waals surface area (Å²) in [5.41, 5.74) is 2.18. The molecule has 0 saturated heterocycles. The SMILES string of the molecule is CCCCCCCCCCSc1c(Sc2ccc(C)cc2)c(Sc2ccc(C)cc2)c(SCCCCCCCCCC)c(C(=O)O)c1C(=O)O. The van der Waals surface area contributed by atoms with Crippen LogP contribution in [0.5, 0.6) is 0 Å². The van der Waals surface area contributed by atoms with E-state index in [0.29, 0.717) is 9.79 Å². The number of hydrogen-bond acceptors (Lipinski definition) is 6. The average Bonchev–Trinajstić information content (AvgIpc) is 3.09. The fraction of sp³-hybridized carbons (Fsp3) is 0.524. The maximum Gasteiger partial charge on any atom is 0.337 e. The lowest BCUT2D eigenvalue weighted by molar-refractivity contribution is 0.0644. The summed E-state index contributed by atoms with van der Waals surface area (Å²) in [5.74, 6) is -0.857. The molecule has 0 fully saturated rings. The molecule has 0 bridgehead atoms. The van der Waals surface area contributed by atoms with Gasteiger partial charge in [-0.1, -0.05) is 163 Å². The van der Waals surface area contributed by atoms with E-state index in [1.807, 2.05) is 0 Å². The van der Waals surface area contributed by atoms with E-state index in [-0.39, 0.29) is 11.1 Å². The summed E-state index contributed by atoms with van der Waals surface area (Å²) in [6, 6.07) is 16.6. The predicted molar refractivity (Wildman–Crippen MR) is 218 cm³/mol. The molecule has 0 unspecified atom stereocenters. The second-order valence-corrected chi connectivity index (χ2v) is 17.5. The summed E-state index contributed by atoms with van der Waals surface area (Å²) < 4.78 is 0. The standard InChI is InChI=1S/C42H58O4S4/c1-5-7-9-11-13-15-17-19-29-47-37-35(41(43)44)36(42(45)46)38(48-30-20-18-16-14-12-10-8-6-2)40(50-34-27-23-32(4)24-28-34)39(37)49-33-25-21-31(3)22-26-33/h21-28H,5-20,29-30H2,1-4H3,(H,43,44)(H,45,46). The molecule has 3 aromatic rings. The Balaban J connectivity index is 2.04. The highest BCUT2D eigenvalue weighted by atomic mass is 32.2. The zero-order valence-electron chi connectivity index (χ0n) is 30.7. The summed E-state index contributed by atoms with van der Waals surface area (Å²) in [6.45, 7) is 8.58. The molecule has 0 atom stereocenters. The van der Waals surface area contributed by atoms with Crippen molar-refractivity contribution in [2.45, 2.75) is 160 Å². The van der Waals surface area contributed by atoms with E-state index < -0.39 is 11.9 Å². The number of rotatable bonds is 26. The highest BCUT2D eigenvalue weighted by Crippen LogP contribution is 2.52. The Morgan fingerprint density at radius 1 is 0.460 bits per heavy atom. The first kappa shape index (κ1) is 42.4. The topological polar surface area (TPSA) is 74.6 Å². The fourth-order valence-electron chi connectivity index (χ4n) is 5.80. The van der Waals surface area contributed by atoms with E-state index in [1.54, 1.807) is 23.5 Å². The lowest BCUT2D eigenvalue weighted by atomic mass is 10.1. The zero-order chi connectivity index (χ0) is 36.1. The molecule has 4 nitrogen and oxygen atoms in total. The van der Waals surface area contributed by atoms with Gasteiger partial charge in [0.1, 0.15) is 0 Å². The van der Waals surface area contributed by atoms with Gasteiger partial charge in [0.25, 0.3) is 0 Å². The van der Waals surface area contributed by atoms with Crippen LogP contribution in [0.3, 0.4) is 0 Å². The second kappa shape index (κ2) is 24.3. The third-order valence-corrected chi connectivity index (χ3v) is 13.7. The lowest BCUT2D eigenvalue weighted by Gasteiger charge is -2.23. The van der Waals surface area contributed by atoms with E-state index in [4.69, 9.17) is 0 Å². The number of carboxylic acids is 2. The van der Waals surface area contributed by atoms with Crippen LogP contribution in [-0.4, -0.2) is 33.7 Å². The van der Waals surface area contributed by atoms with Crippen molar-refractivity contribution < 1.29 is 19.8 Å². The molecule has 8 heteroatoms. The fourth-order valence-corrected chi connectivity index (χ4v) is 10.8. The van der Waals surface area contributed by atoms with E-state index in [9.17, 15) is 19.8 Å². The number of carboxylic acid groups (broad SMARTS) is 2. The summed E-state index contributed by atoms with van der Waals surface area (Å²) in [7, 11) is 0. The molecule has 2 N–H and O–H groups in total. The Morgan fingerprint density at radius 3 is 1.06 bits per heavy atom. The van der Waals surface area contributed by atoms with Crippen LogP contribution in [0.15, 0.2) is 77.9 Å². The summed E-state index contributed by atoms with van der Waals surface area (Å²) in [5, 5.41) is 21.5. The number of hydrogen-bond donors (Lipinski definition) is 2. The van der Waals surface area contributed by atoms with Crippen LogP contribution in [0, 0.1) is 13.8 Å². The molecule has 0 aliphatic carbocycles. The smallest absolute Gasteiger partial charge is 0.337 e. The van der Waals surface area contributed by atoms with Gasteiger partial charge in [-0.05, 0) is 62.5 Å². The van der Waals surface area contributed by atoms with Crippen molar-refractivity contribution in [1.29, 1.82) is 0 Å². The number of carbonyl (C=O) groups is 2. The predicted octanol–water partition coefficient (Wildman–Crippen LogP) is 14.5. The summed E-state index contributed by atoms with van der Waals surface area (Å²) in [6.07, 6.45) is 19.1. The first-order valence-corrected chi connectivity index (χ1v) is 22.3. The van der Waals surface area contributed by atoms with Crippen molar-refractivity contribution in [2.75, 3.05) is 11.5 Å². The zero-order valence-corrected chi connectivity index (χ0v) is 34.0. The van der Waals surface area contributed by atoms with E-state index in [2.05, 4.69) is 76.2 Å². The first-order chi connectivity index (χ1) is 24.3. The molecular weight excluding hydrogens is 697 g/mol. The maximum atomic E-state index is 13.1. The van der Waals surface area contributed by atoms with Crippen molar-refractivity contribution in [1.82, 2.24) is 0 Å². The van der Waals surface area contributed by atoms with Gasteiger partial charge >= 0.3 is 11.9 Å². The van der Waals surface area contributed by atoms with Crippen LogP contribution < -0.4 is 0 Å². The highest BCUT2D eigenvalue weighted by Gasteiger charge is 2.32. The Labute approximate surface area is 319 Å². The third-order valence-electron chi connectivity index (χ3n) is 8.72. The van der Waals surface area contributed by atoms with Crippen LogP contribution >= 0.6 is 47.0 Å². The second-order valence-electron chi connectivity index (χ2n) is 13.2. The largest absolute Gasteiger partial charge is 0.478 e. The van der Waals surface area contributed by atoms with Gasteiger partial charge in [0, 0.05) is 29.4 Å². The number of aryl methyl sites for hydroxylation is 2. The molecule has 3 aromatic carbocycles. The molecule has 0 saturated carbocycles.